The maximum atomic E-state index is 12.8. The van der Waals surface area contributed by atoms with Crippen LogP contribution in [0.15, 0.2) is 40.1 Å². The van der Waals surface area contributed by atoms with E-state index in [1.54, 1.807) is 18.2 Å². The molecule has 3 rings (SSSR count). The van der Waals surface area contributed by atoms with E-state index >= 15 is 0 Å². The van der Waals surface area contributed by atoms with Gasteiger partial charge in [-0.3, -0.25) is 24.5 Å². The van der Waals surface area contributed by atoms with Crippen LogP contribution in [0.25, 0.3) is 0 Å². The first-order valence-corrected chi connectivity index (χ1v) is 16.4. The van der Waals surface area contributed by atoms with Crippen molar-refractivity contribution in [1.29, 1.82) is 0 Å². The third kappa shape index (κ3) is 6.94. The number of hydrogen-bond donors (Lipinski definition) is 1. The van der Waals surface area contributed by atoms with Crippen LogP contribution in [0.4, 0.5) is 5.69 Å². The molecule has 1 aromatic carbocycles. The minimum absolute atomic E-state index is 0.0279. The number of para-hydroxylation sites is 1. The molecule has 2 heterocycles. The van der Waals surface area contributed by atoms with E-state index in [0.29, 0.717) is 12.0 Å². The number of nitrogens with one attached hydrogen (secondary N) is 1. The Morgan fingerprint density at radius 1 is 1.18 bits per heavy atom. The predicted octanol–water partition coefficient (Wildman–Crippen LogP) is 5.84. The highest BCUT2D eigenvalue weighted by Crippen LogP contribution is 2.42. The molecule has 1 unspecified atom stereocenters. The summed E-state index contributed by atoms with van der Waals surface area (Å²) in [5.41, 5.74) is -1.03. The molecule has 1 saturated heterocycles. The second-order valence-electron chi connectivity index (χ2n) is 12.9. The first-order valence-electron chi connectivity index (χ1n) is 13.5. The zero-order valence-corrected chi connectivity index (χ0v) is 25.6. The summed E-state index contributed by atoms with van der Waals surface area (Å²) in [6.45, 7) is 18.6. The lowest BCUT2D eigenvalue weighted by Gasteiger charge is -2.39. The number of benzene rings is 1. The van der Waals surface area contributed by atoms with Crippen molar-refractivity contribution < 1.29 is 18.8 Å². The van der Waals surface area contributed by atoms with Gasteiger partial charge >= 0.3 is 5.69 Å². The second-order valence-corrected chi connectivity index (χ2v) is 17.6. The minimum Gasteiger partial charge on any atom is -0.411 e. The maximum Gasteiger partial charge on any atom is 0.330 e. The van der Waals surface area contributed by atoms with Crippen molar-refractivity contribution in [2.75, 3.05) is 0 Å². The molecular formula is C28H43N3O7Si. The first kappa shape index (κ1) is 30.9. The van der Waals surface area contributed by atoms with Gasteiger partial charge in [0.2, 0.25) is 0 Å². The van der Waals surface area contributed by atoms with E-state index in [1.165, 1.54) is 16.8 Å². The summed E-state index contributed by atoms with van der Waals surface area (Å²) < 4.78 is 20.5. The van der Waals surface area contributed by atoms with Crippen molar-refractivity contribution in [2.45, 2.75) is 111 Å². The van der Waals surface area contributed by atoms with Gasteiger partial charge in [-0.05, 0) is 36.0 Å². The number of nitrogens with zero attached hydrogens (tertiary/aromatic N) is 2. The summed E-state index contributed by atoms with van der Waals surface area (Å²) in [7, 11) is -2.07. The number of H-pyrrole nitrogens is 1. The highest BCUT2D eigenvalue weighted by Gasteiger charge is 2.44. The summed E-state index contributed by atoms with van der Waals surface area (Å²) in [5, 5.41) is 11.7. The van der Waals surface area contributed by atoms with Crippen molar-refractivity contribution in [2.24, 2.45) is 5.41 Å². The van der Waals surface area contributed by atoms with Crippen LogP contribution in [-0.2, 0) is 20.5 Å². The molecule has 216 valence electrons. The number of nitro groups is 1. The third-order valence-electron chi connectivity index (χ3n) is 7.79. The van der Waals surface area contributed by atoms with Crippen molar-refractivity contribution in [1.82, 2.24) is 9.55 Å². The minimum atomic E-state index is -2.07. The largest absolute Gasteiger partial charge is 0.411 e. The number of ether oxygens (including phenoxy) is 2. The number of hydrogen-bond acceptors (Lipinski definition) is 7. The number of aromatic nitrogens is 2. The van der Waals surface area contributed by atoms with E-state index < -0.39 is 42.2 Å². The lowest BCUT2D eigenvalue weighted by atomic mass is 9.84. The Bertz CT molecular complexity index is 1290. The maximum absolute atomic E-state index is 12.8. The molecule has 0 amide bonds. The fourth-order valence-corrected chi connectivity index (χ4v) is 5.97. The van der Waals surface area contributed by atoms with Crippen LogP contribution < -0.4 is 11.2 Å². The van der Waals surface area contributed by atoms with E-state index in [0.717, 1.165) is 6.42 Å². The average Bonchev–Trinajstić information content (AvgIpc) is 3.20. The topological polar surface area (TPSA) is 126 Å². The number of rotatable bonds is 9. The fourth-order valence-electron chi connectivity index (χ4n) is 4.61. The van der Waals surface area contributed by atoms with E-state index in [2.05, 4.69) is 38.8 Å². The van der Waals surface area contributed by atoms with Gasteiger partial charge in [0.1, 0.15) is 6.23 Å². The van der Waals surface area contributed by atoms with Gasteiger partial charge < -0.3 is 13.9 Å². The molecule has 0 spiro atoms. The highest BCUT2D eigenvalue weighted by atomic mass is 28.4. The van der Waals surface area contributed by atoms with Crippen LogP contribution in [0.1, 0.15) is 84.8 Å². The molecule has 0 aliphatic carbocycles. The van der Waals surface area contributed by atoms with Crippen LogP contribution in [0.3, 0.4) is 0 Å². The van der Waals surface area contributed by atoms with E-state index in [9.17, 15) is 19.7 Å². The summed E-state index contributed by atoms with van der Waals surface area (Å²) in [6.07, 6.45) is 1.09. The third-order valence-corrected chi connectivity index (χ3v) is 12.3. The molecule has 1 aromatic heterocycles. The second kappa shape index (κ2) is 11.5. The Morgan fingerprint density at radius 3 is 2.38 bits per heavy atom. The quantitative estimate of drug-likeness (QED) is 0.232. The van der Waals surface area contributed by atoms with E-state index in [4.69, 9.17) is 13.9 Å². The molecule has 39 heavy (non-hydrogen) atoms. The Balaban J connectivity index is 1.88. The van der Waals surface area contributed by atoms with Gasteiger partial charge in [0.25, 0.3) is 11.2 Å². The average molecular weight is 562 g/mol. The van der Waals surface area contributed by atoms with Crippen LogP contribution in [0.5, 0.6) is 0 Å². The van der Waals surface area contributed by atoms with Gasteiger partial charge in [0, 0.05) is 18.7 Å². The SMILES string of the molecule is CC[C@H]1O[C@@H](n2cc(CO[C@H](c3ccccc3[N+](=O)[O-])C(C)(C)C)c(=O)[nH]c2=O)CC1O[Si](C)(C)C(C)(C)C. The zero-order chi connectivity index (χ0) is 29.3. The van der Waals surface area contributed by atoms with Gasteiger partial charge in [-0.25, -0.2) is 4.79 Å². The molecule has 2 aromatic rings. The lowest BCUT2D eigenvalue weighted by Crippen LogP contribution is -2.45. The fraction of sp³-hybridized carbons (Fsp3) is 0.643. The standard InChI is InChI=1S/C28H43N3O7Si/c1-10-21-22(38-39(8,9)28(5,6)7)15-23(37-21)30-16-18(25(32)29-26(30)33)17-36-24(27(2,3)4)19-13-11-12-14-20(19)31(34)35/h11-14,16,21-24H,10,15,17H2,1-9H3,(H,29,32,33)/t21-,22?,23-,24-/m1/s1. The molecule has 10 nitrogen and oxygen atoms in total. The van der Waals surface area contributed by atoms with E-state index in [-0.39, 0.29) is 35.1 Å². The molecule has 0 bridgehead atoms. The highest BCUT2D eigenvalue weighted by molar-refractivity contribution is 6.74. The first-order chi connectivity index (χ1) is 18.0. The summed E-state index contributed by atoms with van der Waals surface area (Å²) in [6, 6.07) is 6.43. The summed E-state index contributed by atoms with van der Waals surface area (Å²) in [4.78, 5) is 39.2. The van der Waals surface area contributed by atoms with Gasteiger partial charge in [0.15, 0.2) is 8.32 Å². The Labute approximate surface area is 231 Å². The molecule has 4 atom stereocenters. The van der Waals surface area contributed by atoms with Crippen molar-refractivity contribution in [3.8, 4) is 0 Å². The Morgan fingerprint density at radius 2 is 1.82 bits per heavy atom. The monoisotopic (exact) mass is 561 g/mol. The smallest absolute Gasteiger partial charge is 0.330 e. The molecule has 1 fully saturated rings. The molecule has 0 radical (unpaired) electrons. The normalized spacial score (nSPS) is 21.2. The van der Waals surface area contributed by atoms with Crippen molar-refractivity contribution >= 4 is 14.0 Å². The van der Waals surface area contributed by atoms with E-state index in [1.807, 2.05) is 27.7 Å². The van der Waals surface area contributed by atoms with Gasteiger partial charge in [-0.15, -0.1) is 0 Å². The molecule has 0 saturated carbocycles. The van der Waals surface area contributed by atoms with Gasteiger partial charge in [-0.1, -0.05) is 60.6 Å². The molecule has 1 N–H and O–H groups in total. The van der Waals surface area contributed by atoms with Gasteiger partial charge in [-0.2, -0.15) is 0 Å². The Kier molecular flexibility index (Phi) is 9.11. The van der Waals surface area contributed by atoms with Crippen LogP contribution >= 0.6 is 0 Å². The van der Waals surface area contributed by atoms with Crippen LogP contribution in [0, 0.1) is 15.5 Å². The number of aromatic amines is 1. The lowest BCUT2D eigenvalue weighted by molar-refractivity contribution is -0.386. The van der Waals surface area contributed by atoms with Crippen LogP contribution in [-0.4, -0.2) is 35.0 Å². The summed E-state index contributed by atoms with van der Waals surface area (Å²) >= 11 is 0. The molecule has 1 aliphatic heterocycles. The Hall–Kier alpha value is -2.60. The zero-order valence-electron chi connectivity index (χ0n) is 24.6. The number of nitro benzene ring substituents is 1. The summed E-state index contributed by atoms with van der Waals surface area (Å²) in [5.74, 6) is 0. The van der Waals surface area contributed by atoms with Gasteiger partial charge in [0.05, 0.1) is 41.0 Å². The van der Waals surface area contributed by atoms with Crippen molar-refractivity contribution in [3.05, 3.63) is 72.5 Å². The predicted molar refractivity (Wildman–Crippen MR) is 152 cm³/mol. The molecule has 1 aliphatic rings. The molecule has 11 heteroatoms. The van der Waals surface area contributed by atoms with Crippen molar-refractivity contribution in [3.63, 3.8) is 0 Å². The van der Waals surface area contributed by atoms with Crippen LogP contribution in [0.2, 0.25) is 18.1 Å². The molecular weight excluding hydrogens is 518 g/mol.